The number of carbonyl (C=O) groups is 1. The van der Waals surface area contributed by atoms with Gasteiger partial charge in [-0.25, -0.2) is 9.88 Å². The number of benzene rings is 2. The van der Waals surface area contributed by atoms with Gasteiger partial charge in [0, 0.05) is 12.2 Å². The zero-order valence-corrected chi connectivity index (χ0v) is 14.9. The molecule has 5 nitrogen and oxygen atoms in total. The van der Waals surface area contributed by atoms with Gasteiger partial charge in [0.2, 0.25) is 0 Å². The predicted octanol–water partition coefficient (Wildman–Crippen LogP) is 3.67. The molecule has 0 spiro atoms. The Kier molecular flexibility index (Phi) is 5.14. The van der Waals surface area contributed by atoms with E-state index >= 15 is 0 Å². The van der Waals surface area contributed by atoms with E-state index in [1.807, 2.05) is 54.9 Å². The quantitative estimate of drug-likeness (QED) is 0.524. The zero-order chi connectivity index (χ0) is 18.5. The van der Waals surface area contributed by atoms with Crippen LogP contribution in [0.2, 0.25) is 0 Å². The summed E-state index contributed by atoms with van der Waals surface area (Å²) in [5.41, 5.74) is 4.31. The SMILES string of the molecule is Cc1ccc(Cn2cnc(C(=O)N(C#N)Cc3ccccc3)c2C)cc1. The maximum atomic E-state index is 12.7. The highest BCUT2D eigenvalue weighted by atomic mass is 16.2. The summed E-state index contributed by atoms with van der Waals surface area (Å²) in [6.07, 6.45) is 3.63. The third-order valence-corrected chi connectivity index (χ3v) is 4.33. The number of nitriles is 1. The van der Waals surface area contributed by atoms with Gasteiger partial charge in [0.25, 0.3) is 5.91 Å². The van der Waals surface area contributed by atoms with Gasteiger partial charge in [-0.1, -0.05) is 60.2 Å². The van der Waals surface area contributed by atoms with Gasteiger partial charge in [-0.3, -0.25) is 4.79 Å². The molecule has 2 aromatic carbocycles. The van der Waals surface area contributed by atoms with Crippen LogP contribution >= 0.6 is 0 Å². The van der Waals surface area contributed by atoms with E-state index in [1.54, 1.807) is 6.33 Å². The number of hydrogen-bond donors (Lipinski definition) is 0. The van der Waals surface area contributed by atoms with Crippen LogP contribution in [0.4, 0.5) is 0 Å². The van der Waals surface area contributed by atoms with Crippen molar-refractivity contribution in [3.8, 4) is 6.19 Å². The van der Waals surface area contributed by atoms with E-state index in [2.05, 4.69) is 29.2 Å². The minimum Gasteiger partial charge on any atom is -0.330 e. The van der Waals surface area contributed by atoms with E-state index in [-0.39, 0.29) is 12.5 Å². The van der Waals surface area contributed by atoms with Crippen molar-refractivity contribution in [2.45, 2.75) is 26.9 Å². The number of amides is 1. The molecule has 0 aliphatic heterocycles. The normalized spacial score (nSPS) is 10.3. The summed E-state index contributed by atoms with van der Waals surface area (Å²) < 4.78 is 1.93. The predicted molar refractivity (Wildman–Crippen MR) is 99.2 cm³/mol. The largest absolute Gasteiger partial charge is 0.330 e. The van der Waals surface area contributed by atoms with Crippen LogP contribution in [0.25, 0.3) is 0 Å². The van der Waals surface area contributed by atoms with Crippen LogP contribution in [0.3, 0.4) is 0 Å². The van der Waals surface area contributed by atoms with Crippen molar-refractivity contribution >= 4 is 5.91 Å². The van der Waals surface area contributed by atoms with Crippen molar-refractivity contribution in [3.05, 3.63) is 89.0 Å². The number of hydrogen-bond acceptors (Lipinski definition) is 3. The van der Waals surface area contributed by atoms with E-state index in [0.717, 1.165) is 21.7 Å². The first-order valence-corrected chi connectivity index (χ1v) is 8.41. The first kappa shape index (κ1) is 17.4. The monoisotopic (exact) mass is 344 g/mol. The summed E-state index contributed by atoms with van der Waals surface area (Å²) in [6.45, 7) is 4.77. The van der Waals surface area contributed by atoms with Gasteiger partial charge in [0.1, 0.15) is 5.69 Å². The first-order chi connectivity index (χ1) is 12.6. The molecule has 0 radical (unpaired) electrons. The van der Waals surface area contributed by atoms with Gasteiger partial charge < -0.3 is 4.57 Å². The highest BCUT2D eigenvalue weighted by Gasteiger charge is 2.21. The molecule has 0 saturated heterocycles. The molecule has 0 atom stereocenters. The Morgan fingerprint density at radius 2 is 1.77 bits per heavy atom. The lowest BCUT2D eigenvalue weighted by Gasteiger charge is -2.13. The Labute approximate surface area is 153 Å². The Morgan fingerprint density at radius 1 is 1.08 bits per heavy atom. The molecule has 0 N–H and O–H groups in total. The standard InChI is InChI=1S/C21H20N4O/c1-16-8-10-19(11-9-16)13-25-15-23-20(17(25)2)21(26)24(14-22)12-18-6-4-3-5-7-18/h3-11,15H,12-13H2,1-2H3. The van der Waals surface area contributed by atoms with Gasteiger partial charge in [0.15, 0.2) is 6.19 Å². The van der Waals surface area contributed by atoms with E-state index in [0.29, 0.717) is 12.2 Å². The van der Waals surface area contributed by atoms with E-state index in [1.165, 1.54) is 5.56 Å². The number of carbonyl (C=O) groups excluding carboxylic acids is 1. The Balaban J connectivity index is 1.78. The highest BCUT2D eigenvalue weighted by Crippen LogP contribution is 2.14. The van der Waals surface area contributed by atoms with Crippen molar-refractivity contribution in [1.82, 2.24) is 14.5 Å². The lowest BCUT2D eigenvalue weighted by Crippen LogP contribution is -2.26. The van der Waals surface area contributed by atoms with Gasteiger partial charge in [0.05, 0.1) is 12.9 Å². The number of imidazole rings is 1. The van der Waals surface area contributed by atoms with E-state index in [4.69, 9.17) is 0 Å². The molecule has 3 aromatic rings. The molecule has 0 fully saturated rings. The average Bonchev–Trinajstić information content (AvgIpc) is 3.02. The summed E-state index contributed by atoms with van der Waals surface area (Å²) >= 11 is 0. The molecule has 3 rings (SSSR count). The maximum Gasteiger partial charge on any atom is 0.287 e. The summed E-state index contributed by atoms with van der Waals surface area (Å²) in [5, 5.41) is 9.40. The summed E-state index contributed by atoms with van der Waals surface area (Å²) in [6, 6.07) is 17.7. The Morgan fingerprint density at radius 3 is 2.42 bits per heavy atom. The van der Waals surface area contributed by atoms with Gasteiger partial charge in [-0.05, 0) is 25.0 Å². The average molecular weight is 344 g/mol. The lowest BCUT2D eigenvalue weighted by molar-refractivity contribution is 0.0818. The van der Waals surface area contributed by atoms with Crippen molar-refractivity contribution in [3.63, 3.8) is 0 Å². The highest BCUT2D eigenvalue weighted by molar-refractivity contribution is 5.94. The van der Waals surface area contributed by atoms with Gasteiger partial charge in [-0.15, -0.1) is 0 Å². The van der Waals surface area contributed by atoms with Crippen molar-refractivity contribution in [2.24, 2.45) is 0 Å². The van der Waals surface area contributed by atoms with Crippen LogP contribution in [0.15, 0.2) is 60.9 Å². The number of nitrogens with zero attached hydrogens (tertiary/aromatic N) is 4. The Bertz CT molecular complexity index is 936. The topological polar surface area (TPSA) is 61.9 Å². The number of rotatable bonds is 5. The molecule has 1 heterocycles. The van der Waals surface area contributed by atoms with Gasteiger partial charge in [-0.2, -0.15) is 5.26 Å². The molecular formula is C21H20N4O. The third-order valence-electron chi connectivity index (χ3n) is 4.33. The molecule has 5 heteroatoms. The second-order valence-electron chi connectivity index (χ2n) is 6.27. The van der Waals surface area contributed by atoms with E-state index in [9.17, 15) is 10.1 Å². The minimum absolute atomic E-state index is 0.237. The molecule has 1 aromatic heterocycles. The van der Waals surface area contributed by atoms with Crippen LogP contribution in [0.5, 0.6) is 0 Å². The second-order valence-corrected chi connectivity index (χ2v) is 6.27. The molecule has 26 heavy (non-hydrogen) atoms. The van der Waals surface area contributed by atoms with Crippen molar-refractivity contribution in [2.75, 3.05) is 0 Å². The molecule has 130 valence electrons. The van der Waals surface area contributed by atoms with Crippen LogP contribution in [-0.4, -0.2) is 20.4 Å². The van der Waals surface area contributed by atoms with Crippen molar-refractivity contribution in [1.29, 1.82) is 5.26 Å². The zero-order valence-electron chi connectivity index (χ0n) is 14.9. The van der Waals surface area contributed by atoms with Crippen molar-refractivity contribution < 1.29 is 4.79 Å². The molecule has 0 aliphatic rings. The first-order valence-electron chi connectivity index (χ1n) is 8.41. The summed E-state index contributed by atoms with van der Waals surface area (Å²) in [4.78, 5) is 18.1. The maximum absolute atomic E-state index is 12.7. The smallest absolute Gasteiger partial charge is 0.287 e. The van der Waals surface area contributed by atoms with Crippen LogP contribution in [0.1, 0.15) is 32.9 Å². The van der Waals surface area contributed by atoms with Crippen LogP contribution < -0.4 is 0 Å². The fourth-order valence-corrected chi connectivity index (χ4v) is 2.75. The molecule has 0 bridgehead atoms. The lowest BCUT2D eigenvalue weighted by atomic mass is 10.1. The molecule has 1 amide bonds. The molecule has 0 saturated carbocycles. The summed E-state index contributed by atoms with van der Waals surface area (Å²) in [7, 11) is 0. The fourth-order valence-electron chi connectivity index (χ4n) is 2.75. The number of aromatic nitrogens is 2. The Hall–Kier alpha value is -3.39. The van der Waals surface area contributed by atoms with Crippen LogP contribution in [0, 0.1) is 25.3 Å². The summed E-state index contributed by atoms with van der Waals surface area (Å²) in [5.74, 6) is -0.378. The molecular weight excluding hydrogens is 324 g/mol. The second kappa shape index (κ2) is 7.66. The minimum atomic E-state index is -0.378. The number of aryl methyl sites for hydroxylation is 1. The fraction of sp³-hybridized carbons (Fsp3) is 0.190. The van der Waals surface area contributed by atoms with E-state index < -0.39 is 0 Å². The van der Waals surface area contributed by atoms with Crippen LogP contribution in [-0.2, 0) is 13.1 Å². The third kappa shape index (κ3) is 3.81. The van der Waals surface area contributed by atoms with Gasteiger partial charge >= 0.3 is 0 Å². The molecule has 0 unspecified atom stereocenters. The molecule has 0 aliphatic carbocycles.